The van der Waals surface area contributed by atoms with Gasteiger partial charge in [0.05, 0.1) is 12.8 Å². The Hall–Kier alpha value is -2.66. The number of methoxy groups -OCH3 is 1. The van der Waals surface area contributed by atoms with E-state index >= 15 is 0 Å². The Balaban J connectivity index is 1.80. The van der Waals surface area contributed by atoms with Crippen LogP contribution in [0, 0.1) is 5.82 Å². The number of fused-ring (bicyclic) bond motifs is 1. The van der Waals surface area contributed by atoms with E-state index in [0.29, 0.717) is 5.56 Å². The van der Waals surface area contributed by atoms with Gasteiger partial charge in [-0.2, -0.15) is 0 Å². The first-order valence-electron chi connectivity index (χ1n) is 7.97. The normalized spacial score (nSPS) is 16.2. The number of nitrogens with one attached hydrogen (secondary N) is 1. The van der Waals surface area contributed by atoms with Crippen molar-refractivity contribution >= 4 is 22.9 Å². The Labute approximate surface area is 149 Å². The van der Waals surface area contributed by atoms with Crippen LogP contribution < -0.4 is 10.1 Å². The maximum atomic E-state index is 14.3. The van der Waals surface area contributed by atoms with Crippen molar-refractivity contribution in [1.29, 1.82) is 0 Å². The molecule has 3 aromatic rings. The predicted octanol–water partition coefficient (Wildman–Crippen LogP) is 5.04. The lowest BCUT2D eigenvalue weighted by Crippen LogP contribution is -2.23. The largest absolute Gasteiger partial charge is 0.497 e. The number of carbonyl (C=O) groups excluding carboxylic acids is 1. The SMILES string of the molecule is COc1ccc(-c2csc3c2NC(=O)CC3c2ccccc2F)cc1. The molecule has 0 saturated carbocycles. The summed E-state index contributed by atoms with van der Waals surface area (Å²) in [6.07, 6.45) is 0.260. The van der Waals surface area contributed by atoms with E-state index < -0.39 is 0 Å². The first kappa shape index (κ1) is 15.8. The Kier molecular flexibility index (Phi) is 4.01. The van der Waals surface area contributed by atoms with Gasteiger partial charge >= 0.3 is 0 Å². The lowest BCUT2D eigenvalue weighted by molar-refractivity contribution is -0.116. The number of hydrogen-bond acceptors (Lipinski definition) is 3. The molecule has 25 heavy (non-hydrogen) atoms. The summed E-state index contributed by atoms with van der Waals surface area (Å²) in [7, 11) is 1.63. The number of amides is 1. The van der Waals surface area contributed by atoms with Gasteiger partial charge in [0.2, 0.25) is 5.91 Å². The second-order valence-corrected chi connectivity index (χ2v) is 6.85. The van der Waals surface area contributed by atoms with Crippen LogP contribution in [0.3, 0.4) is 0 Å². The number of hydrogen-bond donors (Lipinski definition) is 1. The van der Waals surface area contributed by atoms with Gasteiger partial charge in [-0.15, -0.1) is 11.3 Å². The van der Waals surface area contributed by atoms with Gasteiger partial charge in [0.15, 0.2) is 0 Å². The number of anilines is 1. The molecule has 126 valence electrons. The van der Waals surface area contributed by atoms with Crippen molar-refractivity contribution in [2.45, 2.75) is 12.3 Å². The highest BCUT2D eigenvalue weighted by molar-refractivity contribution is 7.11. The Morgan fingerprint density at radius 2 is 1.92 bits per heavy atom. The molecule has 0 saturated heterocycles. The summed E-state index contributed by atoms with van der Waals surface area (Å²) in [4.78, 5) is 13.2. The van der Waals surface area contributed by atoms with Crippen LogP contribution in [0.4, 0.5) is 10.1 Å². The van der Waals surface area contributed by atoms with Crippen LogP contribution in [0.2, 0.25) is 0 Å². The summed E-state index contributed by atoms with van der Waals surface area (Å²) in [5.74, 6) is 0.171. The van der Waals surface area contributed by atoms with Crippen molar-refractivity contribution in [3.63, 3.8) is 0 Å². The van der Waals surface area contributed by atoms with Crippen molar-refractivity contribution < 1.29 is 13.9 Å². The van der Waals surface area contributed by atoms with Crippen LogP contribution in [-0.4, -0.2) is 13.0 Å². The number of halogens is 1. The molecular formula is C20H16FNO2S. The highest BCUT2D eigenvalue weighted by Gasteiger charge is 2.31. The summed E-state index contributed by atoms with van der Waals surface area (Å²) in [6, 6.07) is 14.4. The van der Waals surface area contributed by atoms with E-state index in [1.807, 2.05) is 35.7 Å². The number of thiophene rings is 1. The van der Waals surface area contributed by atoms with Crippen LogP contribution in [0.5, 0.6) is 5.75 Å². The van der Waals surface area contributed by atoms with Gasteiger partial charge in [-0.3, -0.25) is 4.79 Å². The van der Waals surface area contributed by atoms with Crippen molar-refractivity contribution in [3.05, 3.63) is 70.2 Å². The van der Waals surface area contributed by atoms with E-state index in [9.17, 15) is 9.18 Å². The highest BCUT2D eigenvalue weighted by Crippen LogP contribution is 2.47. The first-order chi connectivity index (χ1) is 12.2. The number of ether oxygens (including phenoxy) is 1. The monoisotopic (exact) mass is 353 g/mol. The molecule has 1 N–H and O–H groups in total. The van der Waals surface area contributed by atoms with Gasteiger partial charge in [-0.05, 0) is 29.3 Å². The van der Waals surface area contributed by atoms with Gasteiger partial charge in [0, 0.05) is 28.2 Å². The van der Waals surface area contributed by atoms with Crippen LogP contribution in [-0.2, 0) is 4.79 Å². The molecule has 1 atom stereocenters. The van der Waals surface area contributed by atoms with E-state index in [-0.39, 0.29) is 24.1 Å². The fourth-order valence-electron chi connectivity index (χ4n) is 3.22. The minimum absolute atomic E-state index is 0.0890. The zero-order chi connectivity index (χ0) is 17.4. The summed E-state index contributed by atoms with van der Waals surface area (Å²) in [5, 5.41) is 4.99. The molecule has 0 spiro atoms. The smallest absolute Gasteiger partial charge is 0.225 e. The molecule has 3 nitrogen and oxygen atoms in total. The van der Waals surface area contributed by atoms with Gasteiger partial charge in [-0.1, -0.05) is 30.3 Å². The third-order valence-electron chi connectivity index (χ3n) is 4.47. The van der Waals surface area contributed by atoms with Gasteiger partial charge in [-0.25, -0.2) is 4.39 Å². The van der Waals surface area contributed by atoms with E-state index in [2.05, 4.69) is 5.32 Å². The third kappa shape index (κ3) is 2.81. The van der Waals surface area contributed by atoms with Crippen LogP contribution in [0.1, 0.15) is 22.8 Å². The van der Waals surface area contributed by atoms with Crippen molar-refractivity contribution in [2.24, 2.45) is 0 Å². The predicted molar refractivity (Wildman–Crippen MR) is 97.8 cm³/mol. The first-order valence-corrected chi connectivity index (χ1v) is 8.85. The Bertz CT molecular complexity index is 933. The van der Waals surface area contributed by atoms with Crippen molar-refractivity contribution in [2.75, 3.05) is 12.4 Å². The van der Waals surface area contributed by atoms with Gasteiger partial charge in [0.1, 0.15) is 11.6 Å². The van der Waals surface area contributed by atoms with Crippen molar-refractivity contribution in [1.82, 2.24) is 0 Å². The molecule has 0 aliphatic carbocycles. The molecule has 1 aromatic heterocycles. The average molecular weight is 353 g/mol. The number of benzene rings is 2. The van der Waals surface area contributed by atoms with Crippen LogP contribution in [0.25, 0.3) is 11.1 Å². The fraction of sp³-hybridized carbons (Fsp3) is 0.150. The Morgan fingerprint density at radius 1 is 1.16 bits per heavy atom. The van der Waals surface area contributed by atoms with E-state index in [0.717, 1.165) is 27.4 Å². The summed E-state index contributed by atoms with van der Waals surface area (Å²) in [5.41, 5.74) is 3.31. The molecule has 2 aromatic carbocycles. The molecule has 1 unspecified atom stereocenters. The third-order valence-corrected chi connectivity index (χ3v) is 5.57. The Morgan fingerprint density at radius 3 is 2.64 bits per heavy atom. The quantitative estimate of drug-likeness (QED) is 0.717. The molecule has 2 heterocycles. The lowest BCUT2D eigenvalue weighted by atomic mass is 9.89. The van der Waals surface area contributed by atoms with Crippen molar-refractivity contribution in [3.8, 4) is 16.9 Å². The maximum absolute atomic E-state index is 14.3. The fourth-order valence-corrected chi connectivity index (χ4v) is 4.37. The summed E-state index contributed by atoms with van der Waals surface area (Å²) < 4.78 is 19.5. The zero-order valence-electron chi connectivity index (χ0n) is 13.6. The molecule has 4 rings (SSSR count). The molecule has 0 fully saturated rings. The average Bonchev–Trinajstić information content (AvgIpc) is 3.05. The molecule has 1 aliphatic heterocycles. The second-order valence-electron chi connectivity index (χ2n) is 5.94. The molecule has 1 aliphatic rings. The molecule has 0 bridgehead atoms. The number of carbonyl (C=O) groups is 1. The lowest BCUT2D eigenvalue weighted by Gasteiger charge is -2.24. The molecule has 1 amide bonds. The van der Waals surface area contributed by atoms with Gasteiger partial charge < -0.3 is 10.1 Å². The van der Waals surface area contributed by atoms with Crippen LogP contribution in [0.15, 0.2) is 53.9 Å². The van der Waals surface area contributed by atoms with E-state index in [1.54, 1.807) is 30.6 Å². The van der Waals surface area contributed by atoms with E-state index in [4.69, 9.17) is 4.74 Å². The van der Waals surface area contributed by atoms with Gasteiger partial charge in [0.25, 0.3) is 0 Å². The maximum Gasteiger partial charge on any atom is 0.225 e. The summed E-state index contributed by atoms with van der Waals surface area (Å²) in [6.45, 7) is 0. The molecule has 5 heteroatoms. The minimum Gasteiger partial charge on any atom is -0.497 e. The second kappa shape index (κ2) is 6.33. The standard InChI is InChI=1S/C20H16FNO2S/c1-24-13-8-6-12(7-9-13)16-11-25-20-15(10-18(23)22-19(16)20)14-4-2-3-5-17(14)21/h2-9,11,15H,10H2,1H3,(H,22,23). The molecule has 0 radical (unpaired) electrons. The van der Waals surface area contributed by atoms with Crippen LogP contribution >= 0.6 is 11.3 Å². The number of rotatable bonds is 3. The zero-order valence-corrected chi connectivity index (χ0v) is 14.4. The van der Waals surface area contributed by atoms with E-state index in [1.165, 1.54) is 6.07 Å². The topological polar surface area (TPSA) is 38.3 Å². The molecular weight excluding hydrogens is 337 g/mol. The minimum atomic E-state index is -0.271. The summed E-state index contributed by atoms with van der Waals surface area (Å²) >= 11 is 1.56. The highest BCUT2D eigenvalue weighted by atomic mass is 32.1.